The van der Waals surface area contributed by atoms with Gasteiger partial charge in [0, 0.05) is 50.0 Å². The maximum absolute atomic E-state index is 12.2. The van der Waals surface area contributed by atoms with Gasteiger partial charge in [-0.1, -0.05) is 6.07 Å². The number of benzene rings is 1. The number of carboxylic acid groups (broad SMARTS) is 1. The molecule has 0 saturated carbocycles. The molecule has 0 spiro atoms. The van der Waals surface area contributed by atoms with Gasteiger partial charge in [-0.2, -0.15) is 0 Å². The summed E-state index contributed by atoms with van der Waals surface area (Å²) in [5, 5.41) is 10.1. The lowest BCUT2D eigenvalue weighted by Crippen LogP contribution is -2.58. The van der Waals surface area contributed by atoms with Crippen LogP contribution in [0.25, 0.3) is 10.9 Å². The van der Waals surface area contributed by atoms with E-state index in [9.17, 15) is 13.2 Å². The number of hydrogen-bond donors (Lipinski definition) is 2. The molecule has 0 radical (unpaired) electrons. The molecule has 4 rings (SSSR count). The van der Waals surface area contributed by atoms with Gasteiger partial charge in [-0.05, 0) is 29.1 Å². The SMILES string of the molecule is O=C(O)CCN1CCN(Cc2ccc3[nH]ccc3c2)[C@H]2CS(=O)(=O)C[C@H]21. The van der Waals surface area contributed by atoms with Crippen LogP contribution in [0.3, 0.4) is 0 Å². The molecule has 7 nitrogen and oxygen atoms in total. The summed E-state index contributed by atoms with van der Waals surface area (Å²) in [5.74, 6) is -0.553. The molecule has 1 aromatic carbocycles. The zero-order chi connectivity index (χ0) is 18.3. The van der Waals surface area contributed by atoms with Crippen LogP contribution in [0.15, 0.2) is 30.5 Å². The highest BCUT2D eigenvalue weighted by atomic mass is 32.2. The zero-order valence-electron chi connectivity index (χ0n) is 14.5. The Labute approximate surface area is 152 Å². The van der Waals surface area contributed by atoms with Crippen molar-refractivity contribution in [2.45, 2.75) is 25.0 Å². The Kier molecular flexibility index (Phi) is 4.50. The van der Waals surface area contributed by atoms with Gasteiger partial charge in [0.2, 0.25) is 0 Å². The summed E-state index contributed by atoms with van der Waals surface area (Å²) in [6.45, 7) is 2.58. The number of nitrogens with zero attached hydrogens (tertiary/aromatic N) is 2. The Bertz CT molecular complexity index is 923. The van der Waals surface area contributed by atoms with Crippen molar-refractivity contribution in [2.24, 2.45) is 0 Å². The van der Waals surface area contributed by atoms with Crippen LogP contribution >= 0.6 is 0 Å². The standard InChI is InChI=1S/C18H23N3O4S/c22-18(23)4-6-20-7-8-21(17-12-26(24,25)11-16(17)20)10-13-1-2-15-14(9-13)3-5-19-15/h1-3,5,9,16-17,19H,4,6-8,10-12H2,(H,22,23)/t16-,17+/m1/s1. The number of carboxylic acids is 1. The normalized spacial score (nSPS) is 26.2. The van der Waals surface area contributed by atoms with E-state index >= 15 is 0 Å². The van der Waals surface area contributed by atoms with Crippen LogP contribution in [0.1, 0.15) is 12.0 Å². The fourth-order valence-corrected chi connectivity index (χ4v) is 6.29. The largest absolute Gasteiger partial charge is 0.481 e. The molecule has 2 aliphatic rings. The second-order valence-electron chi connectivity index (χ2n) is 7.26. The fourth-order valence-electron chi connectivity index (χ4n) is 4.25. The third-order valence-corrected chi connectivity index (χ3v) is 7.22. The molecule has 2 atom stereocenters. The Morgan fingerprint density at radius 2 is 1.88 bits per heavy atom. The first kappa shape index (κ1) is 17.5. The summed E-state index contributed by atoms with van der Waals surface area (Å²) >= 11 is 0. The maximum atomic E-state index is 12.2. The zero-order valence-corrected chi connectivity index (χ0v) is 15.3. The van der Waals surface area contributed by atoms with E-state index in [1.807, 2.05) is 12.3 Å². The number of rotatable bonds is 5. The smallest absolute Gasteiger partial charge is 0.304 e. The molecule has 2 N–H and O–H groups in total. The average molecular weight is 377 g/mol. The lowest BCUT2D eigenvalue weighted by Gasteiger charge is -2.43. The first-order valence-electron chi connectivity index (χ1n) is 8.88. The molecule has 1 aromatic heterocycles. The van der Waals surface area contributed by atoms with Crippen LogP contribution in [0.4, 0.5) is 0 Å². The van der Waals surface area contributed by atoms with Crippen LogP contribution in [0, 0.1) is 0 Å². The van der Waals surface area contributed by atoms with E-state index < -0.39 is 15.8 Å². The number of aliphatic carboxylic acids is 1. The summed E-state index contributed by atoms with van der Waals surface area (Å²) in [6, 6.07) is 8.13. The van der Waals surface area contributed by atoms with Crippen LogP contribution in [-0.2, 0) is 21.2 Å². The molecular weight excluding hydrogens is 354 g/mol. The van der Waals surface area contributed by atoms with E-state index in [1.165, 1.54) is 5.56 Å². The van der Waals surface area contributed by atoms with Gasteiger partial charge in [-0.25, -0.2) is 8.42 Å². The van der Waals surface area contributed by atoms with E-state index in [0.29, 0.717) is 19.6 Å². The molecule has 2 saturated heterocycles. The summed E-state index contributed by atoms with van der Waals surface area (Å²) < 4.78 is 24.5. The number of carbonyl (C=O) groups is 1. The topological polar surface area (TPSA) is 93.7 Å². The van der Waals surface area contributed by atoms with Gasteiger partial charge in [0.25, 0.3) is 0 Å². The molecule has 3 heterocycles. The van der Waals surface area contributed by atoms with Crippen LogP contribution in [0.2, 0.25) is 0 Å². The highest BCUT2D eigenvalue weighted by molar-refractivity contribution is 7.91. The van der Waals surface area contributed by atoms with Gasteiger partial charge in [-0.3, -0.25) is 14.6 Å². The summed E-state index contributed by atoms with van der Waals surface area (Å²) in [7, 11) is -3.09. The molecular formula is C18H23N3O4S. The van der Waals surface area contributed by atoms with Crippen molar-refractivity contribution in [3.8, 4) is 0 Å². The highest BCUT2D eigenvalue weighted by Gasteiger charge is 2.46. The minimum Gasteiger partial charge on any atom is -0.481 e. The number of hydrogen-bond acceptors (Lipinski definition) is 5. The Morgan fingerprint density at radius 3 is 2.65 bits per heavy atom. The van der Waals surface area contributed by atoms with Gasteiger partial charge in [0.05, 0.1) is 17.9 Å². The van der Waals surface area contributed by atoms with Crippen molar-refractivity contribution in [1.29, 1.82) is 0 Å². The van der Waals surface area contributed by atoms with Crippen LogP contribution in [-0.4, -0.2) is 77.5 Å². The van der Waals surface area contributed by atoms with Crippen molar-refractivity contribution in [2.75, 3.05) is 31.1 Å². The average Bonchev–Trinajstić information content (AvgIpc) is 3.16. The molecule has 0 unspecified atom stereocenters. The number of aromatic nitrogens is 1. The number of sulfone groups is 1. The summed E-state index contributed by atoms with van der Waals surface area (Å²) in [5.41, 5.74) is 2.26. The molecule has 26 heavy (non-hydrogen) atoms. The fraction of sp³-hybridized carbons (Fsp3) is 0.500. The molecule has 2 aromatic rings. The van der Waals surface area contributed by atoms with Gasteiger partial charge in [0.15, 0.2) is 9.84 Å². The van der Waals surface area contributed by atoms with E-state index in [-0.39, 0.29) is 30.0 Å². The number of piperazine rings is 1. The van der Waals surface area contributed by atoms with Crippen LogP contribution in [0.5, 0.6) is 0 Å². The number of fused-ring (bicyclic) bond motifs is 2. The van der Waals surface area contributed by atoms with Gasteiger partial charge < -0.3 is 10.1 Å². The first-order chi connectivity index (χ1) is 12.4. The first-order valence-corrected chi connectivity index (χ1v) is 10.7. The minimum atomic E-state index is -3.09. The molecule has 2 aliphatic heterocycles. The Morgan fingerprint density at radius 1 is 1.15 bits per heavy atom. The van der Waals surface area contributed by atoms with E-state index in [0.717, 1.165) is 17.4 Å². The van der Waals surface area contributed by atoms with E-state index in [2.05, 4.69) is 33.0 Å². The van der Waals surface area contributed by atoms with E-state index in [1.54, 1.807) is 0 Å². The maximum Gasteiger partial charge on any atom is 0.304 e. The summed E-state index contributed by atoms with van der Waals surface area (Å²) in [4.78, 5) is 18.4. The minimum absolute atomic E-state index is 0.0490. The van der Waals surface area contributed by atoms with Crippen molar-refractivity contribution >= 4 is 26.7 Å². The van der Waals surface area contributed by atoms with Crippen molar-refractivity contribution < 1.29 is 18.3 Å². The van der Waals surface area contributed by atoms with Crippen molar-refractivity contribution in [3.63, 3.8) is 0 Å². The molecule has 0 aliphatic carbocycles. The monoisotopic (exact) mass is 377 g/mol. The second-order valence-corrected chi connectivity index (χ2v) is 9.41. The lowest BCUT2D eigenvalue weighted by atomic mass is 10.0. The predicted molar refractivity (Wildman–Crippen MR) is 98.8 cm³/mol. The van der Waals surface area contributed by atoms with Crippen molar-refractivity contribution in [3.05, 3.63) is 36.0 Å². The number of nitrogens with one attached hydrogen (secondary N) is 1. The Hall–Kier alpha value is -1.90. The Balaban J connectivity index is 1.53. The number of aromatic amines is 1. The third kappa shape index (κ3) is 3.49. The van der Waals surface area contributed by atoms with E-state index in [4.69, 9.17) is 5.11 Å². The van der Waals surface area contributed by atoms with Crippen molar-refractivity contribution in [1.82, 2.24) is 14.8 Å². The molecule has 0 amide bonds. The van der Waals surface area contributed by atoms with Gasteiger partial charge in [0.1, 0.15) is 0 Å². The quantitative estimate of drug-likeness (QED) is 0.805. The number of H-pyrrole nitrogens is 1. The highest BCUT2D eigenvalue weighted by Crippen LogP contribution is 2.28. The molecule has 8 heteroatoms. The third-order valence-electron chi connectivity index (χ3n) is 5.52. The predicted octanol–water partition coefficient (Wildman–Crippen LogP) is 0.926. The second kappa shape index (κ2) is 6.68. The van der Waals surface area contributed by atoms with Gasteiger partial charge >= 0.3 is 5.97 Å². The molecule has 0 bridgehead atoms. The lowest BCUT2D eigenvalue weighted by molar-refractivity contribution is -0.137. The summed E-state index contributed by atoms with van der Waals surface area (Å²) in [6.07, 6.45) is 1.96. The molecule has 140 valence electrons. The van der Waals surface area contributed by atoms with Crippen LogP contribution < -0.4 is 0 Å². The molecule has 2 fully saturated rings. The van der Waals surface area contributed by atoms with Gasteiger partial charge in [-0.15, -0.1) is 0 Å².